The third-order valence-corrected chi connectivity index (χ3v) is 5.49. The lowest BCUT2D eigenvalue weighted by Gasteiger charge is -2.29. The first-order chi connectivity index (χ1) is 17.4. The number of hydrogen-bond donors (Lipinski definition) is 1. The maximum absolute atomic E-state index is 13.6. The summed E-state index contributed by atoms with van der Waals surface area (Å²) in [5.41, 5.74) is -5.29. The fraction of sp³-hybridized carbons (Fsp3) is 0.280. The number of rotatable bonds is 8. The van der Waals surface area contributed by atoms with E-state index in [9.17, 15) is 32.3 Å². The second-order valence-corrected chi connectivity index (χ2v) is 8.12. The van der Waals surface area contributed by atoms with Crippen LogP contribution in [0.3, 0.4) is 0 Å². The molecule has 0 bridgehead atoms. The molecular formula is C25H21ClF3NO7. The summed E-state index contributed by atoms with van der Waals surface area (Å²) >= 11 is 5.90. The van der Waals surface area contributed by atoms with E-state index >= 15 is 0 Å². The van der Waals surface area contributed by atoms with Crippen LogP contribution in [0.2, 0.25) is 5.02 Å². The Labute approximate surface area is 213 Å². The fourth-order valence-corrected chi connectivity index (χ4v) is 3.88. The van der Waals surface area contributed by atoms with Crippen LogP contribution >= 0.6 is 11.6 Å². The number of nitrogens with one attached hydrogen (secondary N) is 1. The lowest BCUT2D eigenvalue weighted by molar-refractivity contribution is -0.197. The zero-order valence-electron chi connectivity index (χ0n) is 19.8. The number of ether oxygens (including phenoxy) is 3. The number of carbonyl (C=O) groups is 4. The number of esters is 3. The lowest BCUT2D eigenvalue weighted by Crippen LogP contribution is -2.50. The van der Waals surface area contributed by atoms with Gasteiger partial charge in [-0.15, -0.1) is 0 Å². The van der Waals surface area contributed by atoms with Crippen LogP contribution in [0.1, 0.15) is 48.0 Å². The van der Waals surface area contributed by atoms with Crippen molar-refractivity contribution in [3.05, 3.63) is 69.9 Å². The molecule has 0 atom stereocenters. The third kappa shape index (κ3) is 5.31. The summed E-state index contributed by atoms with van der Waals surface area (Å²) in [5.74, 6) is -4.74. The molecule has 0 unspecified atom stereocenters. The van der Waals surface area contributed by atoms with Gasteiger partial charge in [-0.25, -0.2) is 9.59 Å². The van der Waals surface area contributed by atoms with Gasteiger partial charge < -0.3 is 19.2 Å². The van der Waals surface area contributed by atoms with Gasteiger partial charge in [-0.3, -0.25) is 9.59 Å². The Hall–Kier alpha value is -3.86. The molecule has 0 saturated heterocycles. The summed E-state index contributed by atoms with van der Waals surface area (Å²) in [6, 6.07) is 7.83. The summed E-state index contributed by atoms with van der Waals surface area (Å²) in [7, 11) is 0. The highest BCUT2D eigenvalue weighted by atomic mass is 35.5. The van der Waals surface area contributed by atoms with Crippen LogP contribution < -0.4 is 0 Å². The predicted molar refractivity (Wildman–Crippen MR) is 125 cm³/mol. The van der Waals surface area contributed by atoms with Gasteiger partial charge in [0.1, 0.15) is 0 Å². The summed E-state index contributed by atoms with van der Waals surface area (Å²) in [4.78, 5) is 55.0. The highest BCUT2D eigenvalue weighted by Crippen LogP contribution is 2.41. The van der Waals surface area contributed by atoms with E-state index in [0.29, 0.717) is 17.2 Å². The number of benzene rings is 2. The molecule has 2 aromatic carbocycles. The summed E-state index contributed by atoms with van der Waals surface area (Å²) in [6.45, 7) is 3.23. The van der Waals surface area contributed by atoms with Crippen LogP contribution in [0.4, 0.5) is 13.2 Å². The van der Waals surface area contributed by atoms with E-state index < -0.39 is 52.3 Å². The number of H-pyrrole nitrogens is 1. The molecule has 3 aromatic rings. The average Bonchev–Trinajstić information content (AvgIpc) is 3.21. The second-order valence-electron chi connectivity index (χ2n) is 7.68. The average molecular weight is 540 g/mol. The van der Waals surface area contributed by atoms with Gasteiger partial charge in [0, 0.05) is 28.4 Å². The van der Waals surface area contributed by atoms with E-state index in [0.717, 1.165) is 13.0 Å². The normalized spacial score (nSPS) is 11.8. The first-order valence-electron chi connectivity index (χ1n) is 10.9. The topological polar surface area (TPSA) is 112 Å². The van der Waals surface area contributed by atoms with E-state index in [4.69, 9.17) is 25.8 Å². The molecule has 0 fully saturated rings. The Kier molecular flexibility index (Phi) is 7.97. The minimum Gasteiger partial charge on any atom is -0.462 e. The van der Waals surface area contributed by atoms with Gasteiger partial charge in [-0.1, -0.05) is 17.7 Å². The molecule has 0 spiro atoms. The number of fused-ring (bicyclic) bond motifs is 1. The molecular weight excluding hydrogens is 519 g/mol. The zero-order valence-corrected chi connectivity index (χ0v) is 20.6. The van der Waals surface area contributed by atoms with Crippen molar-refractivity contribution in [2.24, 2.45) is 0 Å². The monoisotopic (exact) mass is 539 g/mol. The van der Waals surface area contributed by atoms with Crippen molar-refractivity contribution in [1.29, 1.82) is 0 Å². The van der Waals surface area contributed by atoms with E-state index in [1.807, 2.05) is 0 Å². The third-order valence-electron chi connectivity index (χ3n) is 5.23. The molecule has 0 aliphatic heterocycles. The first-order valence-corrected chi connectivity index (χ1v) is 11.3. The largest absolute Gasteiger partial charge is 0.462 e. The van der Waals surface area contributed by atoms with Gasteiger partial charge in [0.15, 0.2) is 0 Å². The molecule has 0 radical (unpaired) electrons. The number of aromatic amines is 1. The van der Waals surface area contributed by atoms with Gasteiger partial charge in [0.2, 0.25) is 5.78 Å². The number of hydrogen-bond acceptors (Lipinski definition) is 7. The van der Waals surface area contributed by atoms with Gasteiger partial charge in [-0.05, 0) is 50.2 Å². The molecule has 37 heavy (non-hydrogen) atoms. The van der Waals surface area contributed by atoms with E-state index in [-0.39, 0.29) is 29.7 Å². The summed E-state index contributed by atoms with van der Waals surface area (Å²) in [6.07, 6.45) is -4.74. The van der Waals surface area contributed by atoms with E-state index in [1.165, 1.54) is 38.1 Å². The zero-order chi connectivity index (χ0) is 27.5. The predicted octanol–water partition coefficient (Wildman–Crippen LogP) is 4.96. The van der Waals surface area contributed by atoms with E-state index in [1.54, 1.807) is 0 Å². The molecule has 8 nitrogen and oxygen atoms in total. The van der Waals surface area contributed by atoms with Crippen molar-refractivity contribution in [2.45, 2.75) is 32.5 Å². The van der Waals surface area contributed by atoms with Crippen LogP contribution in [-0.2, 0) is 40.4 Å². The number of carbonyl (C=O) groups excluding carboxylic acids is 4. The van der Waals surface area contributed by atoms with Gasteiger partial charge in [0.25, 0.3) is 0 Å². The fourth-order valence-electron chi connectivity index (χ4n) is 3.76. The SMILES string of the molecule is CCOC(=O)C(OC(C)=O)(C(=O)OCC)c1c(C(=O)c2ccc(Cl)cc2)[nH]c2cc(C(F)(F)F)ccc12. The van der Waals surface area contributed by atoms with Crippen molar-refractivity contribution in [1.82, 2.24) is 4.98 Å². The van der Waals surface area contributed by atoms with Crippen molar-refractivity contribution in [2.75, 3.05) is 13.2 Å². The van der Waals surface area contributed by atoms with Gasteiger partial charge in [0.05, 0.1) is 30.0 Å². The Morgan fingerprint density at radius 2 is 1.49 bits per heavy atom. The molecule has 1 N–H and O–H groups in total. The van der Waals surface area contributed by atoms with Gasteiger partial charge >= 0.3 is 29.7 Å². The standard InChI is InChI=1S/C25H21ClF3NO7/c1-4-35-22(33)24(37-13(3)31,23(34)36-5-2)19-17-11-8-15(25(27,28)29)12-18(17)30-20(19)21(32)14-6-9-16(26)10-7-14/h6-12,30H,4-5H2,1-3H3. The van der Waals surface area contributed by atoms with Crippen LogP contribution in [0, 0.1) is 0 Å². The van der Waals surface area contributed by atoms with Crippen LogP contribution in [0.15, 0.2) is 42.5 Å². The Balaban J connectivity index is 2.47. The summed E-state index contributed by atoms with van der Waals surface area (Å²) in [5, 5.41) is 0.128. The Morgan fingerprint density at radius 1 is 0.919 bits per heavy atom. The molecule has 0 amide bonds. The highest BCUT2D eigenvalue weighted by Gasteiger charge is 2.58. The van der Waals surface area contributed by atoms with Gasteiger partial charge in [-0.2, -0.15) is 13.2 Å². The highest BCUT2D eigenvalue weighted by molar-refractivity contribution is 6.30. The maximum Gasteiger partial charge on any atom is 0.416 e. The van der Waals surface area contributed by atoms with Crippen LogP contribution in [-0.4, -0.2) is 41.9 Å². The molecule has 0 aliphatic carbocycles. The number of halogens is 4. The molecule has 0 aliphatic rings. The summed E-state index contributed by atoms with van der Waals surface area (Å²) < 4.78 is 55.7. The number of alkyl halides is 3. The first kappa shape index (κ1) is 27.7. The van der Waals surface area contributed by atoms with Crippen molar-refractivity contribution in [3.63, 3.8) is 0 Å². The minimum atomic E-state index is -4.74. The molecule has 196 valence electrons. The molecule has 0 saturated carbocycles. The molecule has 1 heterocycles. The quantitative estimate of drug-likeness (QED) is 0.186. The second kappa shape index (κ2) is 10.6. The number of aromatic nitrogens is 1. The van der Waals surface area contributed by atoms with Crippen LogP contribution in [0.25, 0.3) is 10.9 Å². The van der Waals surface area contributed by atoms with Crippen LogP contribution in [0.5, 0.6) is 0 Å². The smallest absolute Gasteiger partial charge is 0.416 e. The van der Waals surface area contributed by atoms with Crippen molar-refractivity contribution >= 4 is 46.2 Å². The lowest BCUT2D eigenvalue weighted by atomic mass is 9.88. The minimum absolute atomic E-state index is 0.0118. The molecule has 1 aromatic heterocycles. The van der Waals surface area contributed by atoms with E-state index in [2.05, 4.69) is 4.98 Å². The molecule has 3 rings (SSSR count). The Bertz CT molecular complexity index is 1350. The maximum atomic E-state index is 13.6. The molecule has 12 heteroatoms. The Morgan fingerprint density at radius 3 is 1.97 bits per heavy atom. The number of ketones is 1. The van der Waals surface area contributed by atoms with Crippen molar-refractivity contribution < 1.29 is 46.6 Å². The van der Waals surface area contributed by atoms with Crippen molar-refractivity contribution in [3.8, 4) is 0 Å².